The second-order valence-electron chi connectivity index (χ2n) is 7.02. The third-order valence-corrected chi connectivity index (χ3v) is 5.86. The summed E-state index contributed by atoms with van der Waals surface area (Å²) in [4.78, 5) is 21.2. The summed E-state index contributed by atoms with van der Waals surface area (Å²) in [7, 11) is 0. The zero-order valence-electron chi connectivity index (χ0n) is 15.1. The van der Waals surface area contributed by atoms with E-state index in [9.17, 15) is 4.79 Å². The van der Waals surface area contributed by atoms with Crippen molar-refractivity contribution in [3.63, 3.8) is 0 Å². The van der Waals surface area contributed by atoms with Crippen LogP contribution in [0.1, 0.15) is 0 Å². The first kappa shape index (κ1) is 16.5. The Bertz CT molecular complexity index is 1650. The van der Waals surface area contributed by atoms with Crippen LogP contribution in [0.15, 0.2) is 86.6 Å². The van der Waals surface area contributed by atoms with E-state index >= 15 is 0 Å². The van der Waals surface area contributed by atoms with Crippen LogP contribution in [0.2, 0.25) is 0 Å². The molecule has 0 unspecified atom stereocenters. The second-order valence-corrected chi connectivity index (χ2v) is 7.93. The number of H-pyrrole nitrogens is 1. The highest BCUT2D eigenvalue weighted by Crippen LogP contribution is 2.38. The van der Waals surface area contributed by atoms with Gasteiger partial charge in [-0.05, 0) is 35.9 Å². The van der Waals surface area contributed by atoms with Gasteiger partial charge in [0.05, 0.1) is 21.9 Å². The molecule has 0 saturated heterocycles. The Morgan fingerprint density at radius 1 is 0.897 bits per heavy atom. The van der Waals surface area contributed by atoms with E-state index in [1.807, 2.05) is 66.7 Å². The van der Waals surface area contributed by atoms with E-state index in [-0.39, 0.29) is 5.63 Å². The molecule has 6 aromatic rings. The highest BCUT2D eigenvalue weighted by molar-refractivity contribution is 9.10. The predicted octanol–water partition coefficient (Wildman–Crippen LogP) is 6.41. The number of para-hydroxylation sites is 1. The smallest absolute Gasteiger partial charge is 0.346 e. The fourth-order valence-electron chi connectivity index (χ4n) is 4.12. The van der Waals surface area contributed by atoms with Gasteiger partial charge in [-0.1, -0.05) is 52.3 Å². The average molecular weight is 441 g/mol. The number of aromatic nitrogens is 2. The molecule has 0 aliphatic heterocycles. The van der Waals surface area contributed by atoms with Gasteiger partial charge in [-0.3, -0.25) is 4.98 Å². The molecule has 3 aromatic heterocycles. The van der Waals surface area contributed by atoms with Crippen molar-refractivity contribution in [3.05, 3.63) is 87.8 Å². The fraction of sp³-hybridized carbons (Fsp3) is 0. The summed E-state index contributed by atoms with van der Waals surface area (Å²) in [6.45, 7) is 0. The van der Waals surface area contributed by atoms with Gasteiger partial charge in [0.25, 0.3) is 0 Å². The summed E-state index contributed by atoms with van der Waals surface area (Å²) in [5, 5.41) is 3.40. The highest BCUT2D eigenvalue weighted by Gasteiger charge is 2.18. The summed E-state index contributed by atoms with van der Waals surface area (Å²) in [5.74, 6) is 0. The van der Waals surface area contributed by atoms with Crippen LogP contribution in [0.5, 0.6) is 0 Å². The molecular weight excluding hydrogens is 428 g/mol. The fourth-order valence-corrected chi connectivity index (χ4v) is 4.52. The number of hydrogen-bond donors (Lipinski definition) is 1. The first-order chi connectivity index (χ1) is 14.2. The third kappa shape index (κ3) is 2.37. The minimum absolute atomic E-state index is 0.359. The van der Waals surface area contributed by atoms with E-state index in [0.29, 0.717) is 11.0 Å². The number of benzene rings is 3. The van der Waals surface area contributed by atoms with Crippen molar-refractivity contribution < 1.29 is 4.42 Å². The first-order valence-corrected chi connectivity index (χ1v) is 10.0. The largest absolute Gasteiger partial charge is 0.422 e. The lowest BCUT2D eigenvalue weighted by atomic mass is 9.95. The van der Waals surface area contributed by atoms with E-state index < -0.39 is 0 Å². The van der Waals surface area contributed by atoms with Gasteiger partial charge in [0.1, 0.15) is 5.58 Å². The predicted molar refractivity (Wildman–Crippen MR) is 120 cm³/mol. The van der Waals surface area contributed by atoms with Crippen LogP contribution in [-0.4, -0.2) is 9.97 Å². The summed E-state index contributed by atoms with van der Waals surface area (Å²) in [6.07, 6.45) is 1.80. The molecule has 0 saturated carbocycles. The van der Waals surface area contributed by atoms with Crippen LogP contribution >= 0.6 is 15.9 Å². The van der Waals surface area contributed by atoms with Crippen molar-refractivity contribution in [2.45, 2.75) is 0 Å². The van der Waals surface area contributed by atoms with Gasteiger partial charge in [0.2, 0.25) is 0 Å². The molecule has 3 heterocycles. The zero-order chi connectivity index (χ0) is 19.5. The lowest BCUT2D eigenvalue weighted by molar-refractivity contribution is 0.569. The van der Waals surface area contributed by atoms with Crippen molar-refractivity contribution >= 4 is 59.6 Å². The normalized spacial score (nSPS) is 11.8. The third-order valence-electron chi connectivity index (χ3n) is 5.36. The molecule has 6 rings (SSSR count). The molecule has 0 fully saturated rings. The number of nitrogens with zero attached hydrogens (tertiary/aromatic N) is 1. The number of hydrogen-bond acceptors (Lipinski definition) is 3. The standard InChI is InChI=1S/C24H13BrN2O2/c25-15-5-3-4-14(12-15)19-17-9-8-13-10-11-26-21(13)23(17)27-22-16-6-1-2-7-18(16)29-24(28)20(19)22/h1-12,27H. The SMILES string of the molecule is O=c1oc2ccccc2c2[nH]c3c(ccc4ccnc43)c(-c3cccc(Br)c3)c12. The molecule has 4 nitrogen and oxygen atoms in total. The molecule has 1 N–H and O–H groups in total. The molecule has 0 aliphatic rings. The summed E-state index contributed by atoms with van der Waals surface area (Å²) in [5.41, 5.74) is 4.54. The molecule has 0 radical (unpaired) electrons. The molecule has 0 aliphatic carbocycles. The summed E-state index contributed by atoms with van der Waals surface area (Å²) >= 11 is 3.56. The average Bonchev–Trinajstić information content (AvgIpc) is 3.22. The van der Waals surface area contributed by atoms with Crippen molar-refractivity contribution in [1.82, 2.24) is 9.97 Å². The minimum atomic E-state index is -0.359. The molecule has 0 amide bonds. The molecular formula is C24H13BrN2O2. The van der Waals surface area contributed by atoms with Crippen molar-refractivity contribution in [1.29, 1.82) is 0 Å². The van der Waals surface area contributed by atoms with Gasteiger partial charge in [-0.25, -0.2) is 4.79 Å². The van der Waals surface area contributed by atoms with E-state index in [4.69, 9.17) is 4.42 Å². The molecule has 3 aromatic carbocycles. The van der Waals surface area contributed by atoms with E-state index in [1.165, 1.54) is 0 Å². The Morgan fingerprint density at radius 3 is 2.69 bits per heavy atom. The number of fused-ring (bicyclic) bond motifs is 6. The van der Waals surface area contributed by atoms with Crippen molar-refractivity contribution in [3.8, 4) is 11.1 Å². The molecule has 29 heavy (non-hydrogen) atoms. The molecule has 0 spiro atoms. The lowest BCUT2D eigenvalue weighted by Crippen LogP contribution is -2.04. The molecule has 138 valence electrons. The van der Waals surface area contributed by atoms with Crippen molar-refractivity contribution in [2.24, 2.45) is 0 Å². The Kier molecular flexibility index (Phi) is 3.43. The Hall–Kier alpha value is -3.44. The molecule has 0 bridgehead atoms. The number of nitrogens with one attached hydrogen (secondary N) is 1. The van der Waals surface area contributed by atoms with Gasteiger partial charge < -0.3 is 9.40 Å². The second kappa shape index (κ2) is 6.03. The monoisotopic (exact) mass is 440 g/mol. The Balaban J connectivity index is 1.96. The van der Waals surface area contributed by atoms with Crippen LogP contribution in [0.3, 0.4) is 0 Å². The number of pyridine rings is 1. The molecule has 5 heteroatoms. The van der Waals surface area contributed by atoms with Crippen LogP contribution in [-0.2, 0) is 0 Å². The quantitative estimate of drug-likeness (QED) is 0.182. The van der Waals surface area contributed by atoms with Gasteiger partial charge in [0, 0.05) is 32.4 Å². The summed E-state index contributed by atoms with van der Waals surface area (Å²) < 4.78 is 6.63. The maximum Gasteiger partial charge on any atom is 0.346 e. The van der Waals surface area contributed by atoms with E-state index in [0.717, 1.165) is 48.3 Å². The topological polar surface area (TPSA) is 58.9 Å². The molecule has 0 atom stereocenters. The maximum absolute atomic E-state index is 13.1. The minimum Gasteiger partial charge on any atom is -0.422 e. The lowest BCUT2D eigenvalue weighted by Gasteiger charge is -2.13. The first-order valence-electron chi connectivity index (χ1n) is 9.21. The highest BCUT2D eigenvalue weighted by atomic mass is 79.9. The van der Waals surface area contributed by atoms with Gasteiger partial charge in [0.15, 0.2) is 0 Å². The van der Waals surface area contributed by atoms with Crippen LogP contribution in [0.25, 0.3) is 54.8 Å². The maximum atomic E-state index is 13.1. The van der Waals surface area contributed by atoms with Gasteiger partial charge in [-0.15, -0.1) is 0 Å². The van der Waals surface area contributed by atoms with Crippen LogP contribution in [0, 0.1) is 0 Å². The van der Waals surface area contributed by atoms with Crippen LogP contribution in [0.4, 0.5) is 0 Å². The van der Waals surface area contributed by atoms with Gasteiger partial charge >= 0.3 is 5.63 Å². The zero-order valence-corrected chi connectivity index (χ0v) is 16.7. The van der Waals surface area contributed by atoms with E-state index in [2.05, 4.69) is 25.9 Å². The van der Waals surface area contributed by atoms with Crippen molar-refractivity contribution in [2.75, 3.05) is 0 Å². The van der Waals surface area contributed by atoms with Gasteiger partial charge in [-0.2, -0.15) is 0 Å². The number of aromatic amines is 1. The van der Waals surface area contributed by atoms with Crippen LogP contribution < -0.4 is 5.63 Å². The van der Waals surface area contributed by atoms with E-state index in [1.54, 1.807) is 6.20 Å². The summed E-state index contributed by atoms with van der Waals surface area (Å²) in [6, 6.07) is 21.6. The Morgan fingerprint density at radius 2 is 1.79 bits per heavy atom. The Labute approximate surface area is 172 Å². The number of halogens is 1. The number of rotatable bonds is 1.